The highest BCUT2D eigenvalue weighted by molar-refractivity contribution is 5.91. The van der Waals surface area contributed by atoms with Crippen LogP contribution in [0.1, 0.15) is 42.4 Å². The van der Waals surface area contributed by atoms with Crippen LogP contribution in [-0.2, 0) is 6.54 Å². The van der Waals surface area contributed by atoms with Gasteiger partial charge in [-0.25, -0.2) is 10.8 Å². The molecule has 1 aromatic heterocycles. The van der Waals surface area contributed by atoms with E-state index in [9.17, 15) is 4.79 Å². The topological polar surface area (TPSA) is 71.2 Å². The average molecular weight is 262 g/mol. The number of aromatic nitrogens is 1. The summed E-state index contributed by atoms with van der Waals surface area (Å²) in [6.07, 6.45) is 3.80. The molecule has 1 aliphatic heterocycles. The van der Waals surface area contributed by atoms with Crippen LogP contribution in [0.15, 0.2) is 18.2 Å². The molecule has 2 rings (SSSR count). The highest BCUT2D eigenvalue weighted by Gasteiger charge is 2.18. The summed E-state index contributed by atoms with van der Waals surface area (Å²) in [6.45, 7) is 5.31. The molecular formula is C14H22N4O. The van der Waals surface area contributed by atoms with Crippen LogP contribution in [0.4, 0.5) is 0 Å². The fourth-order valence-corrected chi connectivity index (χ4v) is 2.55. The van der Waals surface area contributed by atoms with Crippen LogP contribution in [-0.4, -0.2) is 28.9 Å². The summed E-state index contributed by atoms with van der Waals surface area (Å²) in [7, 11) is 0. The van der Waals surface area contributed by atoms with E-state index in [-0.39, 0.29) is 5.91 Å². The lowest BCUT2D eigenvalue weighted by Crippen LogP contribution is -2.34. The molecule has 5 nitrogen and oxygen atoms in total. The molecule has 0 atom stereocenters. The van der Waals surface area contributed by atoms with Crippen molar-refractivity contribution < 1.29 is 4.79 Å². The summed E-state index contributed by atoms with van der Waals surface area (Å²) in [4.78, 5) is 18.2. The molecule has 104 valence electrons. The van der Waals surface area contributed by atoms with Gasteiger partial charge >= 0.3 is 0 Å². The number of carbonyl (C=O) groups excluding carboxylic acids is 1. The van der Waals surface area contributed by atoms with Gasteiger partial charge in [0.1, 0.15) is 5.69 Å². The van der Waals surface area contributed by atoms with Gasteiger partial charge in [-0.05, 0) is 44.0 Å². The number of piperidine rings is 1. The lowest BCUT2D eigenvalue weighted by Gasteiger charge is -2.31. The third-order valence-electron chi connectivity index (χ3n) is 3.84. The van der Waals surface area contributed by atoms with Gasteiger partial charge in [-0.1, -0.05) is 19.4 Å². The second-order valence-electron chi connectivity index (χ2n) is 5.12. The summed E-state index contributed by atoms with van der Waals surface area (Å²) in [5, 5.41) is 0. The van der Waals surface area contributed by atoms with Crippen molar-refractivity contribution in [3.8, 4) is 0 Å². The van der Waals surface area contributed by atoms with Crippen LogP contribution in [0.5, 0.6) is 0 Å². The molecule has 5 heteroatoms. The largest absolute Gasteiger partial charge is 0.297 e. The van der Waals surface area contributed by atoms with Gasteiger partial charge in [0.2, 0.25) is 0 Å². The van der Waals surface area contributed by atoms with Crippen molar-refractivity contribution in [2.24, 2.45) is 11.8 Å². The van der Waals surface area contributed by atoms with Crippen LogP contribution in [0.25, 0.3) is 0 Å². The summed E-state index contributed by atoms with van der Waals surface area (Å²) in [5.41, 5.74) is 3.42. The Morgan fingerprint density at radius 1 is 1.47 bits per heavy atom. The minimum atomic E-state index is -0.341. The Bertz CT molecular complexity index is 427. The number of likely N-dealkylation sites (tertiary alicyclic amines) is 1. The average Bonchev–Trinajstić information content (AvgIpc) is 2.47. The molecule has 0 bridgehead atoms. The van der Waals surface area contributed by atoms with Crippen LogP contribution in [0, 0.1) is 5.92 Å². The molecule has 1 aliphatic rings. The highest BCUT2D eigenvalue weighted by atomic mass is 16.2. The van der Waals surface area contributed by atoms with Gasteiger partial charge in [0, 0.05) is 6.54 Å². The number of hydrogen-bond donors (Lipinski definition) is 2. The zero-order valence-corrected chi connectivity index (χ0v) is 11.4. The molecule has 1 fully saturated rings. The van der Waals surface area contributed by atoms with Gasteiger partial charge in [-0.2, -0.15) is 0 Å². The summed E-state index contributed by atoms with van der Waals surface area (Å²) in [6, 6.07) is 5.49. The molecule has 0 saturated carbocycles. The van der Waals surface area contributed by atoms with E-state index in [1.807, 2.05) is 12.1 Å². The monoisotopic (exact) mass is 262 g/mol. The Labute approximate surface area is 114 Å². The van der Waals surface area contributed by atoms with Crippen LogP contribution >= 0.6 is 0 Å². The normalized spacial score (nSPS) is 17.4. The fourth-order valence-electron chi connectivity index (χ4n) is 2.55. The van der Waals surface area contributed by atoms with E-state index in [1.165, 1.54) is 19.3 Å². The maximum absolute atomic E-state index is 11.4. The number of pyridine rings is 1. The summed E-state index contributed by atoms with van der Waals surface area (Å²) in [5.74, 6) is 5.65. The van der Waals surface area contributed by atoms with Crippen molar-refractivity contribution in [2.75, 3.05) is 13.1 Å². The van der Waals surface area contributed by atoms with Crippen molar-refractivity contribution in [3.05, 3.63) is 29.6 Å². The maximum atomic E-state index is 11.4. The minimum absolute atomic E-state index is 0.341. The SMILES string of the molecule is CCC1CCN(Cc2cccc(C(=O)NN)n2)CC1. The molecular weight excluding hydrogens is 240 g/mol. The van der Waals surface area contributed by atoms with Crippen LogP contribution in [0.3, 0.4) is 0 Å². The second kappa shape index (κ2) is 6.63. The molecule has 1 amide bonds. The number of nitrogen functional groups attached to an aromatic ring is 1. The number of amides is 1. The van der Waals surface area contributed by atoms with Crippen molar-refractivity contribution in [2.45, 2.75) is 32.7 Å². The third-order valence-corrected chi connectivity index (χ3v) is 3.84. The standard InChI is InChI=1S/C14H22N4O/c1-2-11-6-8-18(9-7-11)10-12-4-3-5-13(16-12)14(19)17-15/h3-5,11H,2,6-10,15H2,1H3,(H,17,19). The van der Waals surface area contributed by atoms with Gasteiger partial charge < -0.3 is 0 Å². The molecule has 2 heterocycles. The smallest absolute Gasteiger partial charge is 0.283 e. The van der Waals surface area contributed by atoms with Crippen LogP contribution in [0.2, 0.25) is 0 Å². The number of nitrogens with one attached hydrogen (secondary N) is 1. The summed E-state index contributed by atoms with van der Waals surface area (Å²) < 4.78 is 0. The Hall–Kier alpha value is -1.46. The van der Waals surface area contributed by atoms with Crippen molar-refractivity contribution in [3.63, 3.8) is 0 Å². The molecule has 0 aliphatic carbocycles. The number of rotatable bonds is 4. The summed E-state index contributed by atoms with van der Waals surface area (Å²) >= 11 is 0. The fraction of sp³-hybridized carbons (Fsp3) is 0.571. The van der Waals surface area contributed by atoms with E-state index in [1.54, 1.807) is 6.07 Å². The first kappa shape index (κ1) is 14.0. The molecule has 3 N–H and O–H groups in total. The molecule has 0 radical (unpaired) electrons. The first-order chi connectivity index (χ1) is 9.22. The van der Waals surface area contributed by atoms with Crippen molar-refractivity contribution >= 4 is 5.91 Å². The zero-order valence-electron chi connectivity index (χ0n) is 11.4. The first-order valence-electron chi connectivity index (χ1n) is 6.92. The molecule has 0 aromatic carbocycles. The predicted molar refractivity (Wildman–Crippen MR) is 74.2 cm³/mol. The van der Waals surface area contributed by atoms with Crippen molar-refractivity contribution in [1.82, 2.24) is 15.3 Å². The second-order valence-corrected chi connectivity index (χ2v) is 5.12. The van der Waals surface area contributed by atoms with Crippen molar-refractivity contribution in [1.29, 1.82) is 0 Å². The molecule has 0 spiro atoms. The number of nitrogens with zero attached hydrogens (tertiary/aromatic N) is 2. The molecule has 19 heavy (non-hydrogen) atoms. The quantitative estimate of drug-likeness (QED) is 0.487. The van der Waals surface area contributed by atoms with Gasteiger partial charge in [0.15, 0.2) is 0 Å². The Morgan fingerprint density at radius 2 is 2.21 bits per heavy atom. The highest BCUT2D eigenvalue weighted by Crippen LogP contribution is 2.20. The number of hydrazine groups is 1. The van der Waals surface area contributed by atoms with Gasteiger partial charge in [-0.3, -0.25) is 15.1 Å². The maximum Gasteiger partial charge on any atom is 0.283 e. The lowest BCUT2D eigenvalue weighted by molar-refractivity contribution is 0.0948. The minimum Gasteiger partial charge on any atom is -0.297 e. The first-order valence-corrected chi connectivity index (χ1v) is 6.92. The van der Waals surface area contributed by atoms with E-state index < -0.39 is 0 Å². The van der Waals surface area contributed by atoms with Gasteiger partial charge in [0.25, 0.3) is 5.91 Å². The Kier molecular flexibility index (Phi) is 4.87. The zero-order chi connectivity index (χ0) is 13.7. The predicted octanol–water partition coefficient (Wildman–Crippen LogP) is 1.31. The van der Waals surface area contributed by atoms with Gasteiger partial charge in [-0.15, -0.1) is 0 Å². The van der Waals surface area contributed by atoms with E-state index in [0.29, 0.717) is 5.69 Å². The van der Waals surface area contributed by atoms with Crippen LogP contribution < -0.4 is 11.3 Å². The number of nitrogens with two attached hydrogens (primary N) is 1. The van der Waals surface area contributed by atoms with E-state index in [4.69, 9.17) is 5.84 Å². The Morgan fingerprint density at radius 3 is 2.84 bits per heavy atom. The molecule has 1 aromatic rings. The van der Waals surface area contributed by atoms with E-state index in [2.05, 4.69) is 22.2 Å². The number of hydrogen-bond acceptors (Lipinski definition) is 4. The lowest BCUT2D eigenvalue weighted by atomic mass is 9.94. The Balaban J connectivity index is 1.94. The van der Waals surface area contributed by atoms with E-state index in [0.717, 1.165) is 31.2 Å². The van der Waals surface area contributed by atoms with Gasteiger partial charge in [0.05, 0.1) is 5.69 Å². The number of carbonyl (C=O) groups is 1. The third kappa shape index (κ3) is 3.75. The van der Waals surface area contributed by atoms with E-state index >= 15 is 0 Å². The molecule has 0 unspecified atom stereocenters. The molecule has 1 saturated heterocycles.